The predicted molar refractivity (Wildman–Crippen MR) is 87.5 cm³/mol. The molecule has 4 atom stereocenters. The van der Waals surface area contributed by atoms with Crippen molar-refractivity contribution in [3.8, 4) is 0 Å². The fourth-order valence-corrected chi connectivity index (χ4v) is 3.48. The highest BCUT2D eigenvalue weighted by Crippen LogP contribution is 2.33. The molecule has 0 spiro atoms. The Morgan fingerprint density at radius 2 is 2.12 bits per heavy atom. The third kappa shape index (κ3) is 3.55. The number of aliphatic hydroxyl groups excluding tert-OH is 2. The van der Waals surface area contributed by atoms with Gasteiger partial charge in [0, 0.05) is 11.3 Å². The number of anilines is 1. The van der Waals surface area contributed by atoms with E-state index in [1.54, 1.807) is 0 Å². The summed E-state index contributed by atoms with van der Waals surface area (Å²) in [5, 5.41) is 29.2. The molecular formula is C15H20N2O6S. The number of furan rings is 1. The van der Waals surface area contributed by atoms with Crippen LogP contribution in [-0.2, 0) is 14.5 Å². The number of hydrogen-bond donors (Lipinski definition) is 4. The maximum absolute atomic E-state index is 10.9. The van der Waals surface area contributed by atoms with Crippen LogP contribution >= 0.6 is 0 Å². The molecular weight excluding hydrogens is 336 g/mol. The van der Waals surface area contributed by atoms with Gasteiger partial charge in [0.2, 0.25) is 0 Å². The Labute approximate surface area is 139 Å². The van der Waals surface area contributed by atoms with Crippen molar-refractivity contribution in [1.82, 2.24) is 0 Å². The lowest BCUT2D eigenvalue weighted by Gasteiger charge is -2.19. The number of benzene rings is 1. The van der Waals surface area contributed by atoms with Crippen LogP contribution in [0, 0.1) is 12.8 Å². The lowest BCUT2D eigenvalue weighted by atomic mass is 10.1. The molecule has 1 aliphatic rings. The van der Waals surface area contributed by atoms with Gasteiger partial charge in [-0.1, -0.05) is 12.1 Å². The van der Waals surface area contributed by atoms with E-state index in [9.17, 15) is 18.6 Å². The van der Waals surface area contributed by atoms with Crippen molar-refractivity contribution < 1.29 is 27.2 Å². The van der Waals surface area contributed by atoms with Gasteiger partial charge >= 0.3 is 10.3 Å². The molecule has 5 N–H and O–H groups in total. The minimum absolute atomic E-state index is 0.278. The van der Waals surface area contributed by atoms with Crippen molar-refractivity contribution in [3.63, 3.8) is 0 Å². The van der Waals surface area contributed by atoms with E-state index in [1.165, 1.54) is 0 Å². The van der Waals surface area contributed by atoms with Gasteiger partial charge in [0.1, 0.15) is 11.9 Å². The zero-order chi connectivity index (χ0) is 17.5. The molecule has 0 bridgehead atoms. The third-order valence-corrected chi connectivity index (χ3v) is 4.72. The van der Waals surface area contributed by atoms with Crippen molar-refractivity contribution in [1.29, 1.82) is 0 Å². The number of rotatable bonds is 5. The van der Waals surface area contributed by atoms with Crippen molar-refractivity contribution in [2.45, 2.75) is 31.6 Å². The zero-order valence-electron chi connectivity index (χ0n) is 13.0. The fourth-order valence-electron chi connectivity index (χ4n) is 3.12. The van der Waals surface area contributed by atoms with E-state index in [-0.39, 0.29) is 6.61 Å². The molecule has 8 nitrogen and oxygen atoms in total. The number of aryl methyl sites for hydroxylation is 1. The third-order valence-electron chi connectivity index (χ3n) is 4.26. The number of nitrogens with two attached hydrogens (primary N) is 1. The zero-order valence-corrected chi connectivity index (χ0v) is 13.9. The number of aliphatic hydroxyl groups is 2. The molecule has 1 saturated carbocycles. The van der Waals surface area contributed by atoms with Crippen molar-refractivity contribution >= 4 is 27.0 Å². The van der Waals surface area contributed by atoms with Crippen LogP contribution in [0.15, 0.2) is 28.7 Å². The highest BCUT2D eigenvalue weighted by molar-refractivity contribution is 7.84. The summed E-state index contributed by atoms with van der Waals surface area (Å²) in [5.41, 5.74) is 1.37. The molecule has 1 aromatic heterocycles. The normalized spacial score (nSPS) is 27.7. The van der Waals surface area contributed by atoms with E-state index in [4.69, 9.17) is 9.56 Å². The fraction of sp³-hybridized carbons (Fsp3) is 0.467. The standard InChI is InChI=1S/C15H20N2O6S/c1-8-5-9-3-2-4-11(15(9)23-8)17-12-6-10(13(18)14(12)19)7-22-24(16,20)21/h2-5,10,12-14,17-19H,6-7H2,1H3,(H2,16,20,21)/t10-,12-,13-,14+/m1/s1. The quantitative estimate of drug-likeness (QED) is 0.612. The molecule has 24 heavy (non-hydrogen) atoms. The maximum Gasteiger partial charge on any atom is 0.333 e. The summed E-state index contributed by atoms with van der Waals surface area (Å²) in [6.45, 7) is 1.57. The summed E-state index contributed by atoms with van der Waals surface area (Å²) >= 11 is 0. The summed E-state index contributed by atoms with van der Waals surface area (Å²) < 4.78 is 32.0. The van der Waals surface area contributed by atoms with Crippen LogP contribution < -0.4 is 10.5 Å². The first-order valence-corrected chi connectivity index (χ1v) is 9.01. The lowest BCUT2D eigenvalue weighted by Crippen LogP contribution is -2.35. The SMILES string of the molecule is Cc1cc2cccc(N[C@@H]3C[C@H](COS(N)(=O)=O)[C@@H](O)[C@H]3O)c2o1. The molecule has 2 aromatic rings. The van der Waals surface area contributed by atoms with Gasteiger partial charge in [-0.15, -0.1) is 0 Å². The topological polar surface area (TPSA) is 135 Å². The van der Waals surface area contributed by atoms with Crippen LogP contribution in [0.5, 0.6) is 0 Å². The molecule has 0 unspecified atom stereocenters. The Kier molecular flexibility index (Phi) is 4.54. The molecule has 1 aromatic carbocycles. The van der Waals surface area contributed by atoms with E-state index < -0.39 is 34.5 Å². The van der Waals surface area contributed by atoms with Gasteiger partial charge in [-0.2, -0.15) is 8.42 Å². The summed E-state index contributed by atoms with van der Waals surface area (Å²) in [4.78, 5) is 0. The molecule has 132 valence electrons. The van der Waals surface area contributed by atoms with Gasteiger partial charge < -0.3 is 19.9 Å². The smallest absolute Gasteiger partial charge is 0.333 e. The van der Waals surface area contributed by atoms with Gasteiger partial charge in [0.15, 0.2) is 5.58 Å². The summed E-state index contributed by atoms with van der Waals surface area (Å²) in [5.74, 6) is 0.221. The Bertz CT molecular complexity index is 834. The molecule has 9 heteroatoms. The first kappa shape index (κ1) is 17.2. The molecule has 1 fully saturated rings. The van der Waals surface area contributed by atoms with Crippen LogP contribution in [0.1, 0.15) is 12.2 Å². The summed E-state index contributed by atoms with van der Waals surface area (Å²) in [6, 6.07) is 7.03. The van der Waals surface area contributed by atoms with Gasteiger partial charge in [0.25, 0.3) is 0 Å². The minimum atomic E-state index is -4.08. The molecule has 0 radical (unpaired) electrons. The number of nitrogens with one attached hydrogen (secondary N) is 1. The van der Waals surface area contributed by atoms with E-state index in [2.05, 4.69) is 9.50 Å². The average Bonchev–Trinajstić information content (AvgIpc) is 2.99. The van der Waals surface area contributed by atoms with Crippen molar-refractivity contribution in [2.75, 3.05) is 11.9 Å². The minimum Gasteiger partial charge on any atom is -0.459 e. The van der Waals surface area contributed by atoms with Crippen LogP contribution in [0.3, 0.4) is 0 Å². The Morgan fingerprint density at radius 3 is 2.83 bits per heavy atom. The Hall–Kier alpha value is -1.65. The number of para-hydroxylation sites is 1. The lowest BCUT2D eigenvalue weighted by molar-refractivity contribution is 0.00781. The van der Waals surface area contributed by atoms with Gasteiger partial charge in [0.05, 0.1) is 24.4 Å². The molecule has 1 aliphatic carbocycles. The predicted octanol–water partition coefficient (Wildman–Crippen LogP) is 0.484. The van der Waals surface area contributed by atoms with E-state index in [1.807, 2.05) is 31.2 Å². The van der Waals surface area contributed by atoms with Gasteiger partial charge in [-0.05, 0) is 25.5 Å². The van der Waals surface area contributed by atoms with Crippen LogP contribution in [0.2, 0.25) is 0 Å². The number of hydrogen-bond acceptors (Lipinski definition) is 7. The average molecular weight is 356 g/mol. The molecule has 3 rings (SSSR count). The van der Waals surface area contributed by atoms with E-state index in [0.717, 1.165) is 11.1 Å². The van der Waals surface area contributed by atoms with Crippen molar-refractivity contribution in [2.24, 2.45) is 11.1 Å². The second-order valence-corrected chi connectivity index (χ2v) is 7.31. The summed E-state index contributed by atoms with van der Waals surface area (Å²) in [7, 11) is -4.08. The molecule has 0 aliphatic heterocycles. The van der Waals surface area contributed by atoms with Crippen molar-refractivity contribution in [3.05, 3.63) is 30.0 Å². The largest absolute Gasteiger partial charge is 0.459 e. The monoisotopic (exact) mass is 356 g/mol. The Morgan fingerprint density at radius 1 is 1.38 bits per heavy atom. The molecule has 0 amide bonds. The maximum atomic E-state index is 10.9. The molecule has 1 heterocycles. The van der Waals surface area contributed by atoms with Crippen LogP contribution in [0.4, 0.5) is 5.69 Å². The molecule has 0 saturated heterocycles. The first-order chi connectivity index (χ1) is 11.2. The van der Waals surface area contributed by atoms with Crippen LogP contribution in [-0.4, -0.2) is 43.5 Å². The van der Waals surface area contributed by atoms with Crippen LogP contribution in [0.25, 0.3) is 11.0 Å². The van der Waals surface area contributed by atoms with Gasteiger partial charge in [-0.3, -0.25) is 4.18 Å². The number of fused-ring (bicyclic) bond motifs is 1. The Balaban J connectivity index is 1.75. The van der Waals surface area contributed by atoms with E-state index in [0.29, 0.717) is 17.7 Å². The highest BCUT2D eigenvalue weighted by Gasteiger charge is 2.42. The van der Waals surface area contributed by atoms with E-state index >= 15 is 0 Å². The second-order valence-electron chi connectivity index (χ2n) is 6.09. The highest BCUT2D eigenvalue weighted by atomic mass is 32.2. The van der Waals surface area contributed by atoms with Gasteiger partial charge in [-0.25, -0.2) is 5.14 Å². The first-order valence-electron chi connectivity index (χ1n) is 7.53. The summed E-state index contributed by atoms with van der Waals surface area (Å²) in [6.07, 6.45) is -1.85. The second kappa shape index (κ2) is 6.34.